The van der Waals surface area contributed by atoms with Crippen molar-refractivity contribution in [2.45, 2.75) is 22.7 Å². The van der Waals surface area contributed by atoms with Crippen LogP contribution in [0.4, 0.5) is 0 Å². The summed E-state index contributed by atoms with van der Waals surface area (Å²) in [5.41, 5.74) is 1.03. The van der Waals surface area contributed by atoms with E-state index < -0.39 is 12.0 Å². The fourth-order valence-corrected chi connectivity index (χ4v) is 6.66. The Balaban J connectivity index is 1.51. The molecule has 0 spiro atoms. The zero-order chi connectivity index (χ0) is 22.1. The molecule has 2 N–H and O–H groups in total. The van der Waals surface area contributed by atoms with Crippen LogP contribution in [0.25, 0.3) is 0 Å². The molecule has 0 aromatic heterocycles. The molecule has 0 bridgehead atoms. The predicted molar refractivity (Wildman–Crippen MR) is 130 cm³/mol. The van der Waals surface area contributed by atoms with Gasteiger partial charge in [-0.05, 0) is 23.8 Å². The van der Waals surface area contributed by atoms with Gasteiger partial charge in [0.1, 0.15) is 17.1 Å². The molecule has 2 aliphatic rings. The lowest BCUT2D eigenvalue weighted by molar-refractivity contribution is -0.148. The lowest BCUT2D eigenvalue weighted by Crippen LogP contribution is -2.70. The standard InChI is InChI=1S/C21H16Cl2N2O3S3/c22-12-6-7-13(23)14(9-12)31-15-10-30-20-17(19(26)25(20)18(15)21(27)28)24-16(29)8-11-4-2-1-3-5-11/h1-7,9,17,20H,8,10H2,(H,24,29)(H,27,28)/t17-,20+/m1/s1. The predicted octanol–water partition coefficient (Wildman–Crippen LogP) is 4.83. The number of carboxylic acids is 1. The molecule has 1 fully saturated rings. The van der Waals surface area contributed by atoms with Gasteiger partial charge < -0.3 is 10.4 Å². The largest absolute Gasteiger partial charge is 0.477 e. The van der Waals surface area contributed by atoms with E-state index in [4.69, 9.17) is 35.4 Å². The number of hydrogen-bond donors (Lipinski definition) is 2. The van der Waals surface area contributed by atoms with Gasteiger partial charge in [-0.2, -0.15) is 0 Å². The maximum Gasteiger partial charge on any atom is 0.353 e. The smallest absolute Gasteiger partial charge is 0.353 e. The van der Waals surface area contributed by atoms with Crippen molar-refractivity contribution in [2.24, 2.45) is 0 Å². The van der Waals surface area contributed by atoms with Crippen molar-refractivity contribution in [1.29, 1.82) is 0 Å². The zero-order valence-electron chi connectivity index (χ0n) is 15.9. The third kappa shape index (κ3) is 4.73. The number of benzene rings is 2. The lowest BCUT2D eigenvalue weighted by atomic mass is 10.0. The van der Waals surface area contributed by atoms with Crippen LogP contribution in [0.5, 0.6) is 0 Å². The van der Waals surface area contributed by atoms with E-state index in [-0.39, 0.29) is 17.0 Å². The van der Waals surface area contributed by atoms with Gasteiger partial charge in [0.15, 0.2) is 0 Å². The number of thiocarbonyl (C=S) groups is 1. The normalized spacial score (nSPS) is 20.2. The highest BCUT2D eigenvalue weighted by Gasteiger charge is 2.54. The van der Waals surface area contributed by atoms with Gasteiger partial charge in [-0.25, -0.2) is 4.79 Å². The van der Waals surface area contributed by atoms with Gasteiger partial charge in [0.25, 0.3) is 5.91 Å². The van der Waals surface area contributed by atoms with Crippen LogP contribution in [0.3, 0.4) is 0 Å². The van der Waals surface area contributed by atoms with Crippen molar-refractivity contribution in [1.82, 2.24) is 10.2 Å². The second-order valence-corrected chi connectivity index (χ2v) is 10.4. The lowest BCUT2D eigenvalue weighted by Gasteiger charge is -2.49. The van der Waals surface area contributed by atoms with Crippen LogP contribution in [0.1, 0.15) is 5.56 Å². The number of halogens is 2. The number of amides is 1. The van der Waals surface area contributed by atoms with Crippen molar-refractivity contribution < 1.29 is 14.7 Å². The van der Waals surface area contributed by atoms with Crippen molar-refractivity contribution >= 4 is 75.8 Å². The first-order chi connectivity index (χ1) is 14.8. The molecule has 5 nitrogen and oxygen atoms in total. The average Bonchev–Trinajstić information content (AvgIpc) is 2.74. The maximum atomic E-state index is 12.9. The number of aliphatic carboxylic acids is 1. The molecule has 0 saturated carbocycles. The second kappa shape index (κ2) is 9.42. The Bertz CT molecular complexity index is 1090. The third-order valence-electron chi connectivity index (χ3n) is 4.79. The first-order valence-electron chi connectivity index (χ1n) is 9.22. The van der Waals surface area contributed by atoms with Gasteiger partial charge >= 0.3 is 5.97 Å². The molecule has 2 aromatic rings. The Morgan fingerprint density at radius 2 is 2.00 bits per heavy atom. The summed E-state index contributed by atoms with van der Waals surface area (Å²) in [6.07, 6.45) is 0.521. The van der Waals surface area contributed by atoms with Gasteiger partial charge in [-0.1, -0.05) is 77.5 Å². The molecule has 0 unspecified atom stereocenters. The molecule has 0 aliphatic carbocycles. The van der Waals surface area contributed by atoms with Crippen molar-refractivity contribution in [3.8, 4) is 0 Å². The molecule has 0 radical (unpaired) electrons. The summed E-state index contributed by atoms with van der Waals surface area (Å²) in [5.74, 6) is -1.02. The molecule has 2 heterocycles. The summed E-state index contributed by atoms with van der Waals surface area (Å²) in [6, 6.07) is 14.2. The first kappa shape index (κ1) is 22.5. The van der Waals surface area contributed by atoms with E-state index in [9.17, 15) is 14.7 Å². The quantitative estimate of drug-likeness (QED) is 0.426. The van der Waals surface area contributed by atoms with Crippen LogP contribution in [0.15, 0.2) is 64.0 Å². The molecular formula is C21H16Cl2N2O3S3. The minimum atomic E-state index is -1.15. The molecule has 2 aliphatic heterocycles. The summed E-state index contributed by atoms with van der Waals surface area (Å²) in [5, 5.41) is 13.6. The van der Waals surface area contributed by atoms with E-state index in [1.54, 1.807) is 18.2 Å². The van der Waals surface area contributed by atoms with Crippen molar-refractivity contribution in [3.05, 3.63) is 74.7 Å². The number of nitrogens with zero attached hydrogens (tertiary/aromatic N) is 1. The average molecular weight is 511 g/mol. The molecule has 4 rings (SSSR count). The summed E-state index contributed by atoms with van der Waals surface area (Å²) < 4.78 is 0. The third-order valence-corrected chi connectivity index (χ3v) is 8.33. The minimum Gasteiger partial charge on any atom is -0.477 e. The van der Waals surface area contributed by atoms with E-state index in [1.807, 2.05) is 30.3 Å². The van der Waals surface area contributed by atoms with Gasteiger partial charge in [0.2, 0.25) is 0 Å². The Kier molecular flexibility index (Phi) is 6.83. The van der Waals surface area contributed by atoms with Crippen LogP contribution in [0.2, 0.25) is 10.0 Å². The maximum absolute atomic E-state index is 12.9. The Morgan fingerprint density at radius 3 is 2.71 bits per heavy atom. The number of carbonyl (C=O) groups is 2. The van der Waals surface area contributed by atoms with Crippen molar-refractivity contribution in [3.63, 3.8) is 0 Å². The number of β-lactam (4-membered cyclic amide) rings is 1. The fourth-order valence-electron chi connectivity index (χ4n) is 3.36. The van der Waals surface area contributed by atoms with E-state index in [0.717, 1.165) is 5.56 Å². The van der Waals surface area contributed by atoms with Crippen LogP contribution >= 0.6 is 58.9 Å². The number of carbonyl (C=O) groups excluding carboxylic acids is 1. The fraction of sp³-hybridized carbons (Fsp3) is 0.190. The van der Waals surface area contributed by atoms with Gasteiger partial charge in [-0.15, -0.1) is 11.8 Å². The zero-order valence-corrected chi connectivity index (χ0v) is 19.8. The van der Waals surface area contributed by atoms with Crippen LogP contribution in [-0.2, 0) is 16.0 Å². The number of hydrogen-bond acceptors (Lipinski definition) is 5. The molecular weight excluding hydrogens is 495 g/mol. The molecule has 2 atom stereocenters. The molecule has 1 amide bonds. The van der Waals surface area contributed by atoms with Crippen LogP contribution in [0, 0.1) is 0 Å². The summed E-state index contributed by atoms with van der Waals surface area (Å²) >= 11 is 20.4. The molecule has 10 heteroatoms. The molecule has 31 heavy (non-hydrogen) atoms. The monoisotopic (exact) mass is 510 g/mol. The summed E-state index contributed by atoms with van der Waals surface area (Å²) in [4.78, 5) is 28.0. The summed E-state index contributed by atoms with van der Waals surface area (Å²) in [7, 11) is 0. The summed E-state index contributed by atoms with van der Waals surface area (Å²) in [6.45, 7) is 0. The highest BCUT2D eigenvalue weighted by Crippen LogP contribution is 2.46. The van der Waals surface area contributed by atoms with Crippen LogP contribution in [-0.4, -0.2) is 44.0 Å². The number of thioether (sulfide) groups is 2. The van der Waals surface area contributed by atoms with E-state index >= 15 is 0 Å². The Hall–Kier alpha value is -1.71. The van der Waals surface area contributed by atoms with E-state index in [1.165, 1.54) is 28.4 Å². The topological polar surface area (TPSA) is 69.6 Å². The highest BCUT2D eigenvalue weighted by atomic mass is 35.5. The number of fused-ring (bicyclic) bond motifs is 1. The van der Waals surface area contributed by atoms with Crippen LogP contribution < -0.4 is 5.32 Å². The number of nitrogens with one attached hydrogen (secondary N) is 1. The molecule has 2 aromatic carbocycles. The Morgan fingerprint density at radius 1 is 1.26 bits per heavy atom. The Labute approximate surface area is 203 Å². The highest BCUT2D eigenvalue weighted by molar-refractivity contribution is 8.06. The van der Waals surface area contributed by atoms with Crippen molar-refractivity contribution in [2.75, 3.05) is 5.75 Å². The number of rotatable bonds is 6. The van der Waals surface area contributed by atoms with Gasteiger partial charge in [0.05, 0.1) is 10.0 Å². The molecule has 1 saturated heterocycles. The minimum absolute atomic E-state index is 0.0122. The molecule has 160 valence electrons. The van der Waals surface area contributed by atoms with Gasteiger partial charge in [-0.3, -0.25) is 9.69 Å². The number of carboxylic acid groups (broad SMARTS) is 1. The van der Waals surface area contributed by atoms with Gasteiger partial charge in [0, 0.05) is 27.0 Å². The van der Waals surface area contributed by atoms with E-state index in [2.05, 4.69) is 5.32 Å². The second-order valence-electron chi connectivity index (χ2n) is 6.87. The SMILES string of the molecule is O=C(O)C1=C(Sc2cc(Cl)ccc2Cl)CS[C@H]2[C@H](NC(=S)Cc3ccccc3)C(=O)N12. The van der Waals surface area contributed by atoms with E-state index in [0.29, 0.717) is 37.0 Å². The first-order valence-corrected chi connectivity index (χ1v) is 12.3.